The second kappa shape index (κ2) is 10.0. The topological polar surface area (TPSA) is 91.0 Å². The van der Waals surface area contributed by atoms with Gasteiger partial charge in [0.2, 0.25) is 11.8 Å². The third-order valence-corrected chi connectivity index (χ3v) is 5.79. The SMILES string of the molecule is CCOc1ccc(NC(=O)NC(C(=O)N2CCN(C(=O)C3CC3)C(C)C2)C(C)C)cc1. The molecule has 0 bridgehead atoms. The van der Waals surface area contributed by atoms with Crippen molar-refractivity contribution in [2.45, 2.75) is 52.6 Å². The van der Waals surface area contributed by atoms with Gasteiger partial charge in [-0.25, -0.2) is 4.79 Å². The third-order valence-electron chi connectivity index (χ3n) is 5.79. The number of amides is 4. The van der Waals surface area contributed by atoms with Gasteiger partial charge in [0.15, 0.2) is 0 Å². The molecule has 4 amide bonds. The van der Waals surface area contributed by atoms with Crippen molar-refractivity contribution in [3.05, 3.63) is 24.3 Å². The number of nitrogens with one attached hydrogen (secondary N) is 2. The van der Waals surface area contributed by atoms with E-state index in [-0.39, 0.29) is 29.7 Å². The molecule has 170 valence electrons. The number of ether oxygens (including phenoxy) is 1. The monoisotopic (exact) mass is 430 g/mol. The Morgan fingerprint density at radius 2 is 1.81 bits per heavy atom. The van der Waals surface area contributed by atoms with Crippen LogP contribution in [0.15, 0.2) is 24.3 Å². The molecule has 1 aliphatic heterocycles. The molecule has 1 heterocycles. The minimum absolute atomic E-state index is 0.0173. The Balaban J connectivity index is 1.56. The molecule has 0 aromatic heterocycles. The van der Waals surface area contributed by atoms with E-state index in [1.165, 1.54) is 0 Å². The Hall–Kier alpha value is -2.77. The number of urea groups is 1. The predicted molar refractivity (Wildman–Crippen MR) is 119 cm³/mol. The quantitative estimate of drug-likeness (QED) is 0.696. The van der Waals surface area contributed by atoms with Crippen LogP contribution in [0.5, 0.6) is 5.75 Å². The van der Waals surface area contributed by atoms with Gasteiger partial charge in [0.25, 0.3) is 0 Å². The summed E-state index contributed by atoms with van der Waals surface area (Å²) in [6, 6.07) is 6.01. The van der Waals surface area contributed by atoms with Crippen LogP contribution >= 0.6 is 0 Å². The Labute approximate surface area is 184 Å². The van der Waals surface area contributed by atoms with Gasteiger partial charge < -0.3 is 25.2 Å². The lowest BCUT2D eigenvalue weighted by molar-refractivity contribution is -0.144. The van der Waals surface area contributed by atoms with Gasteiger partial charge >= 0.3 is 6.03 Å². The number of carbonyl (C=O) groups is 3. The first-order valence-corrected chi connectivity index (χ1v) is 11.2. The fourth-order valence-electron chi connectivity index (χ4n) is 3.87. The van der Waals surface area contributed by atoms with Gasteiger partial charge in [-0.1, -0.05) is 13.8 Å². The molecule has 1 aliphatic carbocycles. The number of hydrogen-bond acceptors (Lipinski definition) is 4. The van der Waals surface area contributed by atoms with Crippen molar-refractivity contribution in [3.63, 3.8) is 0 Å². The summed E-state index contributed by atoms with van der Waals surface area (Å²) in [5.74, 6) is 0.952. The molecule has 2 N–H and O–H groups in total. The van der Waals surface area contributed by atoms with E-state index in [1.54, 1.807) is 29.2 Å². The van der Waals surface area contributed by atoms with Crippen molar-refractivity contribution in [1.29, 1.82) is 0 Å². The van der Waals surface area contributed by atoms with Crippen LogP contribution in [0, 0.1) is 11.8 Å². The first-order chi connectivity index (χ1) is 14.8. The zero-order valence-corrected chi connectivity index (χ0v) is 18.9. The molecule has 1 aromatic carbocycles. The van der Waals surface area contributed by atoms with Gasteiger partial charge in [0.05, 0.1) is 6.61 Å². The van der Waals surface area contributed by atoms with Gasteiger partial charge in [-0.15, -0.1) is 0 Å². The van der Waals surface area contributed by atoms with E-state index < -0.39 is 12.1 Å². The molecule has 8 nitrogen and oxygen atoms in total. The number of hydrogen-bond donors (Lipinski definition) is 2. The lowest BCUT2D eigenvalue weighted by atomic mass is 10.0. The number of carbonyl (C=O) groups excluding carboxylic acids is 3. The highest BCUT2D eigenvalue weighted by molar-refractivity contribution is 5.94. The Bertz CT molecular complexity index is 791. The van der Waals surface area contributed by atoms with Crippen LogP contribution in [0.4, 0.5) is 10.5 Å². The van der Waals surface area contributed by atoms with Crippen molar-refractivity contribution in [2.75, 3.05) is 31.6 Å². The van der Waals surface area contributed by atoms with Gasteiger partial charge in [-0.2, -0.15) is 0 Å². The standard InChI is InChI=1S/C23H34N4O4/c1-5-31-19-10-8-18(9-11-19)24-23(30)25-20(15(2)3)22(29)26-12-13-27(16(4)14-26)21(28)17-6-7-17/h8-11,15-17,20H,5-7,12-14H2,1-4H3,(H2,24,25,30). The van der Waals surface area contributed by atoms with Crippen molar-refractivity contribution in [1.82, 2.24) is 15.1 Å². The van der Waals surface area contributed by atoms with Crippen LogP contribution in [0.2, 0.25) is 0 Å². The predicted octanol–water partition coefficient (Wildman–Crippen LogP) is 2.70. The van der Waals surface area contributed by atoms with Gasteiger partial charge in [-0.3, -0.25) is 9.59 Å². The zero-order valence-electron chi connectivity index (χ0n) is 18.9. The Morgan fingerprint density at radius 3 is 2.35 bits per heavy atom. The normalized spacial score (nSPS) is 19.7. The van der Waals surface area contributed by atoms with E-state index in [1.807, 2.05) is 32.6 Å². The molecule has 1 aromatic rings. The molecule has 8 heteroatoms. The van der Waals surface area contributed by atoms with Gasteiger partial charge in [0.1, 0.15) is 11.8 Å². The molecular formula is C23H34N4O4. The van der Waals surface area contributed by atoms with Crippen molar-refractivity contribution >= 4 is 23.5 Å². The van der Waals surface area contributed by atoms with E-state index in [2.05, 4.69) is 10.6 Å². The van der Waals surface area contributed by atoms with Crippen LogP contribution in [-0.4, -0.2) is 66.0 Å². The second-order valence-electron chi connectivity index (χ2n) is 8.72. The summed E-state index contributed by atoms with van der Waals surface area (Å²) < 4.78 is 5.40. The summed E-state index contributed by atoms with van der Waals surface area (Å²) in [6.45, 7) is 9.82. The minimum atomic E-state index is -0.638. The maximum atomic E-state index is 13.2. The summed E-state index contributed by atoms with van der Waals surface area (Å²) in [5.41, 5.74) is 0.622. The molecule has 1 saturated heterocycles. The molecule has 2 unspecified atom stereocenters. The number of anilines is 1. The number of piperazine rings is 1. The van der Waals surface area contributed by atoms with E-state index >= 15 is 0 Å². The molecule has 1 saturated carbocycles. The number of rotatable bonds is 7. The fourth-order valence-corrected chi connectivity index (χ4v) is 3.87. The molecule has 31 heavy (non-hydrogen) atoms. The molecule has 0 spiro atoms. The summed E-state index contributed by atoms with van der Waals surface area (Å²) in [4.78, 5) is 41.8. The van der Waals surface area contributed by atoms with E-state index in [9.17, 15) is 14.4 Å². The first kappa shape index (κ1) is 22.9. The summed E-state index contributed by atoms with van der Waals surface area (Å²) >= 11 is 0. The van der Waals surface area contributed by atoms with Crippen LogP contribution in [0.25, 0.3) is 0 Å². The molecule has 2 fully saturated rings. The lowest BCUT2D eigenvalue weighted by Gasteiger charge is -2.41. The molecule has 2 aliphatic rings. The van der Waals surface area contributed by atoms with Crippen molar-refractivity contribution < 1.29 is 19.1 Å². The summed E-state index contributed by atoms with van der Waals surface area (Å²) in [5, 5.41) is 5.60. The van der Waals surface area contributed by atoms with Crippen LogP contribution < -0.4 is 15.4 Å². The number of benzene rings is 1. The maximum absolute atomic E-state index is 13.2. The van der Waals surface area contributed by atoms with Crippen LogP contribution in [0.1, 0.15) is 40.5 Å². The minimum Gasteiger partial charge on any atom is -0.494 e. The second-order valence-corrected chi connectivity index (χ2v) is 8.72. The average molecular weight is 431 g/mol. The Morgan fingerprint density at radius 1 is 1.13 bits per heavy atom. The fraction of sp³-hybridized carbons (Fsp3) is 0.609. The van der Waals surface area contributed by atoms with Crippen LogP contribution in [0.3, 0.4) is 0 Å². The molecule has 2 atom stereocenters. The van der Waals surface area contributed by atoms with E-state index in [0.717, 1.165) is 18.6 Å². The number of nitrogens with zero attached hydrogens (tertiary/aromatic N) is 2. The average Bonchev–Trinajstić information content (AvgIpc) is 3.58. The third kappa shape index (κ3) is 5.89. The van der Waals surface area contributed by atoms with E-state index in [4.69, 9.17) is 4.74 Å². The highest BCUT2D eigenvalue weighted by atomic mass is 16.5. The largest absolute Gasteiger partial charge is 0.494 e. The van der Waals surface area contributed by atoms with Crippen LogP contribution in [-0.2, 0) is 9.59 Å². The van der Waals surface area contributed by atoms with Crippen molar-refractivity contribution in [2.24, 2.45) is 11.8 Å². The summed E-state index contributed by atoms with van der Waals surface area (Å²) in [6.07, 6.45) is 1.96. The van der Waals surface area contributed by atoms with E-state index in [0.29, 0.717) is 31.9 Å². The smallest absolute Gasteiger partial charge is 0.319 e. The summed E-state index contributed by atoms with van der Waals surface area (Å²) in [7, 11) is 0. The highest BCUT2D eigenvalue weighted by Gasteiger charge is 2.39. The first-order valence-electron chi connectivity index (χ1n) is 11.2. The zero-order chi connectivity index (χ0) is 22.5. The van der Waals surface area contributed by atoms with Gasteiger partial charge in [0, 0.05) is 37.3 Å². The molecular weight excluding hydrogens is 396 g/mol. The highest BCUT2D eigenvalue weighted by Crippen LogP contribution is 2.32. The molecule has 3 rings (SSSR count). The van der Waals surface area contributed by atoms with Crippen molar-refractivity contribution in [3.8, 4) is 5.75 Å². The Kier molecular flexibility index (Phi) is 7.41. The molecule has 0 radical (unpaired) electrons. The van der Waals surface area contributed by atoms with Gasteiger partial charge in [-0.05, 0) is 56.9 Å². The lowest BCUT2D eigenvalue weighted by Crippen LogP contribution is -2.60. The maximum Gasteiger partial charge on any atom is 0.319 e.